The molecule has 1 fully saturated rings. The second-order valence-electron chi connectivity index (χ2n) is 5.22. The second kappa shape index (κ2) is 8.48. The predicted molar refractivity (Wildman–Crippen MR) is 73.6 cm³/mol. The number of hydrogen-bond donors (Lipinski definition) is 0. The van der Waals surface area contributed by atoms with Crippen LogP contribution in [0.15, 0.2) is 0 Å². The van der Waals surface area contributed by atoms with Crippen LogP contribution in [-0.2, 0) is 9.53 Å². The van der Waals surface area contributed by atoms with E-state index in [9.17, 15) is 4.79 Å². The van der Waals surface area contributed by atoms with E-state index in [1.54, 1.807) is 0 Å². The van der Waals surface area contributed by atoms with Gasteiger partial charge in [-0.05, 0) is 32.9 Å². The fourth-order valence-electron chi connectivity index (χ4n) is 2.43. The molecule has 4 nitrogen and oxygen atoms in total. The Kier molecular flexibility index (Phi) is 7.28. The summed E-state index contributed by atoms with van der Waals surface area (Å²) >= 11 is 0. The van der Waals surface area contributed by atoms with Gasteiger partial charge in [0.2, 0.25) is 0 Å². The molecular formula is C14H28N2O2. The molecule has 0 aromatic rings. The lowest BCUT2D eigenvalue weighted by Crippen LogP contribution is -2.42. The molecule has 0 aromatic heterocycles. The summed E-state index contributed by atoms with van der Waals surface area (Å²) < 4.78 is 5.25. The predicted octanol–water partition coefficient (Wildman–Crippen LogP) is 1.75. The SMILES string of the molecule is CCCCOC(=O)CN1CCCN(C)CC1CC. The minimum atomic E-state index is -0.0635. The van der Waals surface area contributed by atoms with Gasteiger partial charge in [-0.1, -0.05) is 20.3 Å². The van der Waals surface area contributed by atoms with Gasteiger partial charge in [-0.25, -0.2) is 0 Å². The minimum Gasteiger partial charge on any atom is -0.465 e. The highest BCUT2D eigenvalue weighted by atomic mass is 16.5. The lowest BCUT2D eigenvalue weighted by molar-refractivity contribution is -0.145. The maximum absolute atomic E-state index is 11.8. The molecule has 4 heteroatoms. The lowest BCUT2D eigenvalue weighted by atomic mass is 10.2. The largest absolute Gasteiger partial charge is 0.465 e. The van der Waals surface area contributed by atoms with Crippen molar-refractivity contribution in [1.29, 1.82) is 0 Å². The van der Waals surface area contributed by atoms with E-state index < -0.39 is 0 Å². The fourth-order valence-corrected chi connectivity index (χ4v) is 2.43. The number of nitrogens with zero attached hydrogens (tertiary/aromatic N) is 2. The molecule has 0 amide bonds. The first-order valence-electron chi connectivity index (χ1n) is 7.25. The molecule has 1 unspecified atom stereocenters. The Morgan fingerprint density at radius 3 is 2.78 bits per heavy atom. The van der Waals surface area contributed by atoms with Gasteiger partial charge in [-0.2, -0.15) is 0 Å². The summed E-state index contributed by atoms with van der Waals surface area (Å²) in [5, 5.41) is 0. The number of rotatable bonds is 6. The molecule has 1 aliphatic rings. The lowest BCUT2D eigenvalue weighted by Gasteiger charge is -2.29. The molecule has 18 heavy (non-hydrogen) atoms. The average molecular weight is 256 g/mol. The molecule has 1 atom stereocenters. The first-order valence-corrected chi connectivity index (χ1v) is 7.25. The highest BCUT2D eigenvalue weighted by Gasteiger charge is 2.24. The van der Waals surface area contributed by atoms with Gasteiger partial charge in [-0.15, -0.1) is 0 Å². The second-order valence-corrected chi connectivity index (χ2v) is 5.22. The maximum Gasteiger partial charge on any atom is 0.320 e. The molecule has 1 rings (SSSR count). The highest BCUT2D eigenvalue weighted by molar-refractivity contribution is 5.71. The summed E-state index contributed by atoms with van der Waals surface area (Å²) in [5.74, 6) is -0.0635. The van der Waals surface area contributed by atoms with Crippen LogP contribution in [-0.4, -0.2) is 61.6 Å². The van der Waals surface area contributed by atoms with Crippen LogP contribution in [0.5, 0.6) is 0 Å². The monoisotopic (exact) mass is 256 g/mol. The number of unbranched alkanes of at least 4 members (excludes halogenated alkanes) is 1. The number of carbonyl (C=O) groups excluding carboxylic acids is 1. The van der Waals surface area contributed by atoms with E-state index >= 15 is 0 Å². The standard InChI is InChI=1S/C14H28N2O2/c1-4-6-10-18-14(17)12-16-9-7-8-15(3)11-13(16)5-2/h13H,4-12H2,1-3H3. The Labute approximate surface area is 111 Å². The Hall–Kier alpha value is -0.610. The Morgan fingerprint density at radius 1 is 1.33 bits per heavy atom. The van der Waals surface area contributed by atoms with E-state index in [2.05, 4.69) is 30.7 Å². The van der Waals surface area contributed by atoms with Gasteiger partial charge in [0.1, 0.15) is 0 Å². The Morgan fingerprint density at radius 2 is 2.11 bits per heavy atom. The molecule has 106 valence electrons. The number of hydrogen-bond acceptors (Lipinski definition) is 4. The topological polar surface area (TPSA) is 32.8 Å². The quantitative estimate of drug-likeness (QED) is 0.535. The minimum absolute atomic E-state index is 0.0635. The van der Waals surface area contributed by atoms with E-state index in [0.29, 0.717) is 19.2 Å². The third-order valence-electron chi connectivity index (χ3n) is 3.59. The molecule has 0 bridgehead atoms. The number of esters is 1. The summed E-state index contributed by atoms with van der Waals surface area (Å²) in [5.41, 5.74) is 0. The van der Waals surface area contributed by atoms with E-state index in [1.807, 2.05) is 0 Å². The number of carbonyl (C=O) groups is 1. The molecule has 1 aliphatic heterocycles. The van der Waals surface area contributed by atoms with Crippen LogP contribution in [0.4, 0.5) is 0 Å². The van der Waals surface area contributed by atoms with Crippen molar-refractivity contribution in [3.8, 4) is 0 Å². The van der Waals surface area contributed by atoms with Crippen LogP contribution < -0.4 is 0 Å². The van der Waals surface area contributed by atoms with Gasteiger partial charge < -0.3 is 9.64 Å². The van der Waals surface area contributed by atoms with Gasteiger partial charge in [0.15, 0.2) is 0 Å². The van der Waals surface area contributed by atoms with Crippen LogP contribution in [0.3, 0.4) is 0 Å². The third kappa shape index (κ3) is 5.36. The number of ether oxygens (including phenoxy) is 1. The zero-order chi connectivity index (χ0) is 13.4. The molecule has 1 heterocycles. The van der Waals surface area contributed by atoms with Crippen LogP contribution in [0, 0.1) is 0 Å². The molecule has 0 N–H and O–H groups in total. The van der Waals surface area contributed by atoms with Crippen molar-refractivity contribution >= 4 is 5.97 Å². The summed E-state index contributed by atoms with van der Waals surface area (Å²) in [6.07, 6.45) is 4.26. The summed E-state index contributed by atoms with van der Waals surface area (Å²) in [6.45, 7) is 8.50. The molecule has 0 spiro atoms. The first-order chi connectivity index (χ1) is 8.67. The van der Waals surface area contributed by atoms with E-state index in [0.717, 1.165) is 45.3 Å². The molecular weight excluding hydrogens is 228 g/mol. The van der Waals surface area contributed by atoms with Gasteiger partial charge in [0, 0.05) is 19.1 Å². The van der Waals surface area contributed by atoms with Crippen molar-refractivity contribution in [1.82, 2.24) is 9.80 Å². The maximum atomic E-state index is 11.8. The Balaban J connectivity index is 2.39. The van der Waals surface area contributed by atoms with E-state index in [1.165, 1.54) is 0 Å². The first kappa shape index (κ1) is 15.4. The number of likely N-dealkylation sites (N-methyl/N-ethyl adjacent to an activating group) is 1. The molecule has 0 radical (unpaired) electrons. The van der Waals surface area contributed by atoms with Crippen molar-refractivity contribution in [2.24, 2.45) is 0 Å². The average Bonchev–Trinajstić information content (AvgIpc) is 2.51. The van der Waals surface area contributed by atoms with Crippen molar-refractivity contribution < 1.29 is 9.53 Å². The van der Waals surface area contributed by atoms with Crippen molar-refractivity contribution in [3.63, 3.8) is 0 Å². The fraction of sp³-hybridized carbons (Fsp3) is 0.929. The van der Waals surface area contributed by atoms with Crippen LogP contribution in [0.2, 0.25) is 0 Å². The van der Waals surface area contributed by atoms with Crippen LogP contribution >= 0.6 is 0 Å². The molecule has 0 saturated carbocycles. The smallest absolute Gasteiger partial charge is 0.320 e. The van der Waals surface area contributed by atoms with Gasteiger partial charge in [0.05, 0.1) is 13.2 Å². The van der Waals surface area contributed by atoms with Gasteiger partial charge >= 0.3 is 5.97 Å². The zero-order valence-electron chi connectivity index (χ0n) is 12.2. The van der Waals surface area contributed by atoms with Crippen LogP contribution in [0.1, 0.15) is 39.5 Å². The van der Waals surface area contributed by atoms with Crippen molar-refractivity contribution in [2.75, 3.05) is 39.8 Å². The summed E-state index contributed by atoms with van der Waals surface area (Å²) in [6, 6.07) is 0.483. The molecule has 0 aliphatic carbocycles. The zero-order valence-corrected chi connectivity index (χ0v) is 12.2. The van der Waals surface area contributed by atoms with Gasteiger partial charge in [0.25, 0.3) is 0 Å². The summed E-state index contributed by atoms with van der Waals surface area (Å²) in [4.78, 5) is 16.4. The molecule has 1 saturated heterocycles. The Bertz CT molecular complexity index is 246. The molecule has 0 aromatic carbocycles. The van der Waals surface area contributed by atoms with Crippen molar-refractivity contribution in [3.05, 3.63) is 0 Å². The van der Waals surface area contributed by atoms with Crippen LogP contribution in [0.25, 0.3) is 0 Å². The highest BCUT2D eigenvalue weighted by Crippen LogP contribution is 2.11. The third-order valence-corrected chi connectivity index (χ3v) is 3.59. The van der Waals surface area contributed by atoms with Crippen molar-refractivity contribution in [2.45, 2.75) is 45.6 Å². The normalized spacial score (nSPS) is 22.7. The van der Waals surface area contributed by atoms with Gasteiger partial charge in [-0.3, -0.25) is 9.69 Å². The van der Waals surface area contributed by atoms with E-state index in [-0.39, 0.29) is 5.97 Å². The van der Waals surface area contributed by atoms with E-state index in [4.69, 9.17) is 4.74 Å². The summed E-state index contributed by atoms with van der Waals surface area (Å²) in [7, 11) is 2.16.